The lowest BCUT2D eigenvalue weighted by atomic mass is 9.49. The van der Waals surface area contributed by atoms with Gasteiger partial charge in [0.05, 0.1) is 18.0 Å². The highest BCUT2D eigenvalue weighted by Crippen LogP contribution is 2.58. The van der Waals surface area contributed by atoms with Gasteiger partial charge in [-0.15, -0.1) is 0 Å². The molecule has 0 amide bonds. The largest absolute Gasteiger partial charge is 0.307 e. The number of benzene rings is 3. The number of aromatic nitrogens is 2. The van der Waals surface area contributed by atoms with Crippen LogP contribution in [0.2, 0.25) is 0 Å². The minimum absolute atomic E-state index is 0.0134. The van der Waals surface area contributed by atoms with Crippen LogP contribution in [0.25, 0.3) is 16.1 Å². The molecule has 0 N–H and O–H groups in total. The normalized spacial score (nSPS) is 21.7. The first-order valence-corrected chi connectivity index (χ1v) is 13.3. The zero-order valence-corrected chi connectivity index (χ0v) is 21.9. The van der Waals surface area contributed by atoms with Crippen molar-refractivity contribution in [1.29, 1.82) is 0 Å². The number of carbonyl (C=O) groups excluding carboxylic acids is 1. The first-order chi connectivity index (χ1) is 18.5. The molecule has 2 aliphatic carbocycles. The van der Waals surface area contributed by atoms with Gasteiger partial charge in [0.1, 0.15) is 0 Å². The fraction of sp³-hybridized carbons (Fsp3) is 0.265. The molecule has 0 radical (unpaired) electrons. The lowest BCUT2D eigenvalue weighted by Gasteiger charge is -2.53. The molecule has 4 aromatic rings. The second-order valence-corrected chi connectivity index (χ2v) is 11.0. The van der Waals surface area contributed by atoms with E-state index in [4.69, 9.17) is 11.7 Å². The monoisotopic (exact) mass is 497 g/mol. The van der Waals surface area contributed by atoms with E-state index in [0.717, 1.165) is 40.9 Å². The van der Waals surface area contributed by atoms with Crippen LogP contribution in [0.5, 0.6) is 0 Å². The molecule has 2 atom stereocenters. The number of fused-ring (bicyclic) bond motifs is 3. The second-order valence-electron chi connectivity index (χ2n) is 11.0. The van der Waals surface area contributed by atoms with E-state index < -0.39 is 10.8 Å². The predicted molar refractivity (Wildman–Crippen MR) is 150 cm³/mol. The Morgan fingerprint density at radius 1 is 0.921 bits per heavy atom. The van der Waals surface area contributed by atoms with Crippen LogP contribution in [0, 0.1) is 17.9 Å². The number of hydrogen-bond donors (Lipinski definition) is 0. The topological polar surface area (TPSA) is 39.2 Å². The van der Waals surface area contributed by atoms with Crippen molar-refractivity contribution in [3.8, 4) is 11.3 Å². The Labute approximate surface area is 224 Å². The molecule has 6 rings (SSSR count). The lowest BCUT2D eigenvalue weighted by Crippen LogP contribution is -2.55. The molecule has 0 unspecified atom stereocenters. The van der Waals surface area contributed by atoms with Crippen LogP contribution in [0.4, 0.5) is 0 Å². The van der Waals surface area contributed by atoms with E-state index in [1.54, 1.807) is 0 Å². The molecule has 2 aliphatic rings. The molecule has 1 aromatic heterocycles. The van der Waals surface area contributed by atoms with Crippen LogP contribution in [0.1, 0.15) is 35.7 Å². The summed E-state index contributed by atoms with van der Waals surface area (Å²) in [6, 6.07) is 31.0. The van der Waals surface area contributed by atoms with Crippen molar-refractivity contribution in [2.45, 2.75) is 38.0 Å². The highest BCUT2D eigenvalue weighted by Gasteiger charge is 2.59. The number of Topliss-reactive ketones (excluding diaryl/α,β-unsaturated/α-hetero) is 1. The van der Waals surface area contributed by atoms with Crippen molar-refractivity contribution < 1.29 is 4.79 Å². The van der Waals surface area contributed by atoms with Crippen molar-refractivity contribution in [3.05, 3.63) is 137 Å². The van der Waals surface area contributed by atoms with Crippen molar-refractivity contribution >= 4 is 5.78 Å². The smallest absolute Gasteiger partial charge is 0.226 e. The van der Waals surface area contributed by atoms with Gasteiger partial charge in [-0.1, -0.05) is 104 Å². The molecule has 4 nitrogen and oxygen atoms in total. The number of aryl methyl sites for hydroxylation is 1. The van der Waals surface area contributed by atoms with Gasteiger partial charge in [0.15, 0.2) is 5.78 Å². The first kappa shape index (κ1) is 24.1. The van der Waals surface area contributed by atoms with Gasteiger partial charge in [-0.3, -0.25) is 4.68 Å². The summed E-state index contributed by atoms with van der Waals surface area (Å²) in [5, 5.41) is 5.11. The van der Waals surface area contributed by atoms with E-state index in [9.17, 15) is 4.79 Å². The molecule has 188 valence electrons. The molecule has 0 bridgehead atoms. The van der Waals surface area contributed by atoms with E-state index in [-0.39, 0.29) is 17.4 Å². The molecule has 0 spiro atoms. The Balaban J connectivity index is 1.57. The summed E-state index contributed by atoms with van der Waals surface area (Å²) < 4.78 is 1.99. The van der Waals surface area contributed by atoms with Crippen molar-refractivity contribution in [2.75, 3.05) is 0 Å². The van der Waals surface area contributed by atoms with Crippen molar-refractivity contribution in [1.82, 2.24) is 9.78 Å². The van der Waals surface area contributed by atoms with Gasteiger partial charge in [-0.25, -0.2) is 4.85 Å². The maximum atomic E-state index is 14.4. The Morgan fingerprint density at radius 3 is 2.03 bits per heavy atom. The third kappa shape index (κ3) is 3.73. The summed E-state index contributed by atoms with van der Waals surface area (Å²) >= 11 is 0. The third-order valence-corrected chi connectivity index (χ3v) is 8.74. The average Bonchev–Trinajstić information content (AvgIpc) is 3.29. The van der Waals surface area contributed by atoms with Crippen LogP contribution in [-0.4, -0.2) is 15.6 Å². The summed E-state index contributed by atoms with van der Waals surface area (Å²) in [4.78, 5) is 18.2. The summed E-state index contributed by atoms with van der Waals surface area (Å²) in [7, 11) is 2.01. The minimum Gasteiger partial charge on any atom is -0.307 e. The van der Waals surface area contributed by atoms with Gasteiger partial charge in [-0.05, 0) is 42.7 Å². The number of ketones is 1. The van der Waals surface area contributed by atoms with Gasteiger partial charge in [0, 0.05) is 29.0 Å². The van der Waals surface area contributed by atoms with Gasteiger partial charge in [0.25, 0.3) is 0 Å². The molecule has 4 heteroatoms. The zero-order chi connectivity index (χ0) is 26.3. The molecular weight excluding hydrogens is 466 g/mol. The first-order valence-electron chi connectivity index (χ1n) is 13.3. The average molecular weight is 498 g/mol. The lowest BCUT2D eigenvalue weighted by molar-refractivity contribution is -0.131. The maximum Gasteiger partial charge on any atom is 0.226 e. The molecule has 1 heterocycles. The molecule has 0 saturated carbocycles. The highest BCUT2D eigenvalue weighted by molar-refractivity contribution is 6.03. The fourth-order valence-electron chi connectivity index (χ4n) is 7.20. The van der Waals surface area contributed by atoms with Crippen LogP contribution < -0.4 is 0 Å². The summed E-state index contributed by atoms with van der Waals surface area (Å²) in [5.41, 5.74) is 5.75. The Bertz CT molecular complexity index is 1520. The van der Waals surface area contributed by atoms with E-state index in [1.807, 2.05) is 60.3 Å². The number of carbonyl (C=O) groups is 1. The van der Waals surface area contributed by atoms with E-state index >= 15 is 0 Å². The molecule has 0 saturated heterocycles. The summed E-state index contributed by atoms with van der Waals surface area (Å²) in [6.07, 6.45) is 4.86. The molecule has 0 aliphatic heterocycles. The van der Waals surface area contributed by atoms with Gasteiger partial charge >= 0.3 is 0 Å². The van der Waals surface area contributed by atoms with Gasteiger partial charge < -0.3 is 4.79 Å². The standard InChI is InChI=1S/C34H31N3O/c1-33-23-28(35-2)32(38)34(21-24-13-7-4-8-14-24,22-25-15-9-5-10-16-25)29(33)20-19-27-30(37(3)36-31(27)33)26-17-11-6-12-18-26/h4-18,23,29H,19-22H2,1,3H3/t29-,33+/m1/s1. The molecular formula is C34H31N3O. The molecule has 38 heavy (non-hydrogen) atoms. The number of hydrogen-bond acceptors (Lipinski definition) is 2. The molecule has 3 aromatic carbocycles. The summed E-state index contributed by atoms with van der Waals surface area (Å²) in [5.74, 6) is -0.00946. The van der Waals surface area contributed by atoms with Crippen molar-refractivity contribution in [2.24, 2.45) is 18.4 Å². The third-order valence-electron chi connectivity index (χ3n) is 8.74. The fourth-order valence-corrected chi connectivity index (χ4v) is 7.20. The van der Waals surface area contributed by atoms with E-state index in [0.29, 0.717) is 12.8 Å². The van der Waals surface area contributed by atoms with Gasteiger partial charge in [-0.2, -0.15) is 5.10 Å². The van der Waals surface area contributed by atoms with E-state index in [1.165, 1.54) is 5.56 Å². The molecule has 0 fully saturated rings. The second kappa shape index (κ2) is 9.26. The number of nitrogens with zero attached hydrogens (tertiary/aromatic N) is 3. The SMILES string of the molecule is [C-]#[N+]C1=C[C@]2(C)c3nn(C)c(-c4ccccc4)c3CC[C@H]2C(Cc2ccccc2)(Cc2ccccc2)C1=O. The number of allylic oxidation sites excluding steroid dienone is 2. The van der Waals surface area contributed by atoms with Crippen molar-refractivity contribution in [3.63, 3.8) is 0 Å². The zero-order valence-electron chi connectivity index (χ0n) is 21.9. The quantitative estimate of drug-likeness (QED) is 0.286. The van der Waals surface area contributed by atoms with Gasteiger partial charge in [0.2, 0.25) is 5.70 Å². The van der Waals surface area contributed by atoms with Crippen LogP contribution in [0.3, 0.4) is 0 Å². The van der Waals surface area contributed by atoms with Crippen LogP contribution in [0.15, 0.2) is 103 Å². The minimum atomic E-state index is -0.742. The highest BCUT2D eigenvalue weighted by atomic mass is 16.1. The van der Waals surface area contributed by atoms with E-state index in [2.05, 4.69) is 60.3 Å². The summed E-state index contributed by atoms with van der Waals surface area (Å²) in [6.45, 7) is 10.2. The van der Waals surface area contributed by atoms with Crippen LogP contribution >= 0.6 is 0 Å². The van der Waals surface area contributed by atoms with Crippen LogP contribution in [-0.2, 0) is 36.5 Å². The Morgan fingerprint density at radius 2 is 1.47 bits per heavy atom. The Hall–Kier alpha value is -4.23. The maximum absolute atomic E-state index is 14.4. The Kier molecular flexibility index (Phi) is 5.88. The number of rotatable bonds is 5. The predicted octanol–water partition coefficient (Wildman–Crippen LogP) is 6.76.